The fraction of sp³-hybridized carbons (Fsp3) is 0.167. The fourth-order valence-electron chi connectivity index (χ4n) is 1.03. The minimum atomic E-state index is 0. The van der Waals surface area contributed by atoms with E-state index in [0.29, 0.717) is 13.1 Å². The second-order valence-electron chi connectivity index (χ2n) is 3.01. The third kappa shape index (κ3) is 6.14. The van der Waals surface area contributed by atoms with Gasteiger partial charge in [0.15, 0.2) is 0 Å². The van der Waals surface area contributed by atoms with Gasteiger partial charge in [-0.3, -0.25) is 9.97 Å². The predicted octanol–water partition coefficient (Wildman–Crippen LogP) is 1.04. The van der Waals surface area contributed by atoms with Crippen LogP contribution in [0.3, 0.4) is 0 Å². The van der Waals surface area contributed by atoms with Crippen molar-refractivity contribution in [2.24, 2.45) is 11.5 Å². The molecule has 93 valence electrons. The molecule has 1 radical (unpaired) electrons. The van der Waals surface area contributed by atoms with E-state index in [1.165, 1.54) is 0 Å². The molecule has 2 aromatic heterocycles. The Morgan fingerprint density at radius 3 is 1.41 bits per heavy atom. The van der Waals surface area contributed by atoms with Crippen molar-refractivity contribution in [3.63, 3.8) is 0 Å². The molecule has 2 heterocycles. The van der Waals surface area contributed by atoms with Crippen LogP contribution in [0, 0.1) is 0 Å². The third-order valence-electron chi connectivity index (χ3n) is 1.76. The van der Waals surface area contributed by atoms with E-state index >= 15 is 0 Å². The first-order valence-electron chi connectivity index (χ1n) is 5.11. The average Bonchev–Trinajstić information content (AvgIpc) is 2.41. The van der Waals surface area contributed by atoms with Crippen LogP contribution in [0.4, 0.5) is 0 Å². The summed E-state index contributed by atoms with van der Waals surface area (Å²) >= 11 is 0. The van der Waals surface area contributed by atoms with Gasteiger partial charge in [0.05, 0.1) is 11.4 Å². The molecule has 2 aromatic rings. The number of nitrogens with zero attached hydrogens (tertiary/aromatic N) is 2. The first-order chi connectivity index (χ1) is 7.88. The van der Waals surface area contributed by atoms with Crippen molar-refractivity contribution in [2.75, 3.05) is 13.1 Å². The molecule has 0 aliphatic rings. The van der Waals surface area contributed by atoms with Crippen LogP contribution < -0.4 is 11.5 Å². The van der Waals surface area contributed by atoms with Crippen LogP contribution in [0.1, 0.15) is 0 Å². The fourth-order valence-corrected chi connectivity index (χ4v) is 1.03. The zero-order chi connectivity index (χ0) is 11.6. The van der Waals surface area contributed by atoms with Gasteiger partial charge < -0.3 is 11.5 Å². The van der Waals surface area contributed by atoms with E-state index < -0.39 is 0 Å². The van der Waals surface area contributed by atoms with Crippen molar-refractivity contribution >= 4 is 0 Å². The van der Waals surface area contributed by atoms with E-state index in [1.54, 1.807) is 12.4 Å². The van der Waals surface area contributed by atoms with Crippen molar-refractivity contribution in [3.8, 4) is 11.4 Å². The van der Waals surface area contributed by atoms with Gasteiger partial charge in [-0.25, -0.2) is 0 Å². The summed E-state index contributed by atoms with van der Waals surface area (Å²) in [7, 11) is 0. The molecule has 17 heavy (non-hydrogen) atoms. The van der Waals surface area contributed by atoms with E-state index in [9.17, 15) is 0 Å². The molecule has 2 rings (SSSR count). The molecule has 0 spiro atoms. The van der Waals surface area contributed by atoms with Gasteiger partial charge >= 0.3 is 17.1 Å². The molecule has 0 unspecified atom stereocenters. The maximum atomic E-state index is 4.90. The third-order valence-corrected chi connectivity index (χ3v) is 1.76. The van der Waals surface area contributed by atoms with Gasteiger partial charge in [0.1, 0.15) is 0 Å². The zero-order valence-electron chi connectivity index (χ0n) is 9.38. The van der Waals surface area contributed by atoms with Crippen LogP contribution in [-0.2, 0) is 17.1 Å². The predicted molar refractivity (Wildman–Crippen MR) is 65.6 cm³/mol. The largest absolute Gasteiger partial charge is 2.00 e. The Balaban J connectivity index is 0.000000453. The molecule has 4 N–H and O–H groups in total. The quantitative estimate of drug-likeness (QED) is 0.806. The summed E-state index contributed by atoms with van der Waals surface area (Å²) in [6, 6.07) is 11.6. The molecular formula is C12H16CuN4+2. The summed E-state index contributed by atoms with van der Waals surface area (Å²) in [4.78, 5) is 8.37. The molecule has 4 nitrogen and oxygen atoms in total. The van der Waals surface area contributed by atoms with Gasteiger partial charge in [-0.1, -0.05) is 12.1 Å². The van der Waals surface area contributed by atoms with Gasteiger partial charge in [-0.15, -0.1) is 0 Å². The van der Waals surface area contributed by atoms with Gasteiger partial charge in [0, 0.05) is 25.5 Å². The number of hydrogen-bond acceptors (Lipinski definition) is 4. The van der Waals surface area contributed by atoms with Crippen LogP contribution in [0.25, 0.3) is 11.4 Å². The first-order valence-corrected chi connectivity index (χ1v) is 5.11. The van der Waals surface area contributed by atoms with Gasteiger partial charge in [-0.2, -0.15) is 0 Å². The topological polar surface area (TPSA) is 77.8 Å². The minimum Gasteiger partial charge on any atom is -0.329 e. The van der Waals surface area contributed by atoms with Crippen molar-refractivity contribution in [2.45, 2.75) is 0 Å². The summed E-state index contributed by atoms with van der Waals surface area (Å²) < 4.78 is 0. The van der Waals surface area contributed by atoms with Crippen LogP contribution in [0.5, 0.6) is 0 Å². The Bertz CT molecular complexity index is 341. The van der Waals surface area contributed by atoms with Gasteiger partial charge in [0.25, 0.3) is 0 Å². The summed E-state index contributed by atoms with van der Waals surface area (Å²) in [6.45, 7) is 1.19. The molecule has 0 atom stereocenters. The van der Waals surface area contributed by atoms with Crippen molar-refractivity contribution < 1.29 is 17.1 Å². The van der Waals surface area contributed by atoms with E-state index in [1.807, 2.05) is 36.4 Å². The summed E-state index contributed by atoms with van der Waals surface area (Å²) in [5, 5.41) is 0. The van der Waals surface area contributed by atoms with Crippen molar-refractivity contribution in [1.82, 2.24) is 9.97 Å². The number of rotatable bonds is 2. The maximum absolute atomic E-state index is 4.90. The van der Waals surface area contributed by atoms with Crippen LogP contribution in [0.15, 0.2) is 48.8 Å². The molecular weight excluding hydrogens is 264 g/mol. The van der Waals surface area contributed by atoms with E-state index in [2.05, 4.69) is 9.97 Å². The van der Waals surface area contributed by atoms with Crippen LogP contribution in [-0.4, -0.2) is 23.1 Å². The van der Waals surface area contributed by atoms with E-state index in [4.69, 9.17) is 11.5 Å². The Kier molecular flexibility index (Phi) is 9.19. The van der Waals surface area contributed by atoms with Crippen molar-refractivity contribution in [1.29, 1.82) is 0 Å². The summed E-state index contributed by atoms with van der Waals surface area (Å²) in [5.74, 6) is 0. The summed E-state index contributed by atoms with van der Waals surface area (Å²) in [6.07, 6.45) is 3.54. The molecule has 0 aliphatic heterocycles. The van der Waals surface area contributed by atoms with Gasteiger partial charge in [-0.05, 0) is 24.3 Å². The number of hydrogen-bond donors (Lipinski definition) is 2. The first kappa shape index (κ1) is 15.7. The Labute approximate surface area is 112 Å². The Hall–Kier alpha value is -1.26. The Morgan fingerprint density at radius 2 is 1.18 bits per heavy atom. The number of aromatic nitrogens is 2. The summed E-state index contributed by atoms with van der Waals surface area (Å²) in [5.41, 5.74) is 11.6. The van der Waals surface area contributed by atoms with E-state index in [0.717, 1.165) is 11.4 Å². The number of nitrogens with two attached hydrogens (primary N) is 2. The SMILES string of the molecule is NCCN.[Cu+2].c1ccc(-c2ccccn2)nc1. The van der Waals surface area contributed by atoms with Gasteiger partial charge in [0.2, 0.25) is 0 Å². The molecule has 0 bridgehead atoms. The average molecular weight is 280 g/mol. The molecule has 0 aromatic carbocycles. The smallest absolute Gasteiger partial charge is 0.329 e. The zero-order valence-corrected chi connectivity index (χ0v) is 10.3. The standard InChI is InChI=1S/C10H8N2.C2H8N2.Cu/c1-3-7-11-9(5-1)10-6-2-4-8-12-10;3-1-2-4;/h1-8H;1-4H2;/q;;+2. The molecule has 0 saturated heterocycles. The second kappa shape index (κ2) is 9.93. The van der Waals surface area contributed by atoms with Crippen molar-refractivity contribution in [3.05, 3.63) is 48.8 Å². The molecule has 0 aliphatic carbocycles. The monoisotopic (exact) mass is 279 g/mol. The molecule has 5 heteroatoms. The van der Waals surface area contributed by atoms with Crippen LogP contribution in [0.2, 0.25) is 0 Å². The maximum Gasteiger partial charge on any atom is 2.00 e. The second-order valence-corrected chi connectivity index (χ2v) is 3.01. The minimum absolute atomic E-state index is 0. The molecule has 0 fully saturated rings. The molecule has 0 saturated carbocycles. The van der Waals surface area contributed by atoms with Crippen LogP contribution >= 0.6 is 0 Å². The van der Waals surface area contributed by atoms with E-state index in [-0.39, 0.29) is 17.1 Å². The number of pyridine rings is 2. The molecule has 0 amide bonds. The Morgan fingerprint density at radius 1 is 0.765 bits per heavy atom. The normalized spacial score (nSPS) is 8.59.